The molecule has 0 saturated carbocycles. The van der Waals surface area contributed by atoms with E-state index in [4.69, 9.17) is 11.5 Å². The van der Waals surface area contributed by atoms with Gasteiger partial charge in [0, 0.05) is 11.4 Å². The third kappa shape index (κ3) is 2.55. The fourth-order valence-electron chi connectivity index (χ4n) is 1.53. The van der Waals surface area contributed by atoms with Gasteiger partial charge in [0.05, 0.1) is 11.3 Å². The van der Waals surface area contributed by atoms with Gasteiger partial charge in [-0.05, 0) is 36.4 Å². The van der Waals surface area contributed by atoms with Crippen molar-refractivity contribution < 1.29 is 4.79 Å². The molecule has 1 amide bonds. The molecule has 0 unspecified atom stereocenters. The van der Waals surface area contributed by atoms with Crippen molar-refractivity contribution in [2.24, 2.45) is 5.73 Å². The SMILES string of the molecule is NC(=O)c1ccccc1Nc1ccc(N)cc1. The summed E-state index contributed by atoms with van der Waals surface area (Å²) >= 11 is 0. The average molecular weight is 227 g/mol. The molecule has 0 spiro atoms. The van der Waals surface area contributed by atoms with Crippen LogP contribution in [0.3, 0.4) is 0 Å². The van der Waals surface area contributed by atoms with Crippen LogP contribution in [0.25, 0.3) is 0 Å². The van der Waals surface area contributed by atoms with Gasteiger partial charge in [-0.2, -0.15) is 0 Å². The molecule has 0 aromatic heterocycles. The summed E-state index contributed by atoms with van der Waals surface area (Å²) < 4.78 is 0. The summed E-state index contributed by atoms with van der Waals surface area (Å²) in [6.45, 7) is 0. The standard InChI is InChI=1S/C13H13N3O/c14-9-5-7-10(8-6-9)16-12-4-2-1-3-11(12)13(15)17/h1-8,16H,14H2,(H2,15,17). The number of carbonyl (C=O) groups is 1. The van der Waals surface area contributed by atoms with Crippen LogP contribution < -0.4 is 16.8 Å². The summed E-state index contributed by atoms with van der Waals surface area (Å²) in [5.74, 6) is -0.455. The predicted octanol–water partition coefficient (Wildman–Crippen LogP) is 2.11. The van der Waals surface area contributed by atoms with Crippen LogP contribution >= 0.6 is 0 Å². The summed E-state index contributed by atoms with van der Waals surface area (Å²) in [6, 6.07) is 14.4. The lowest BCUT2D eigenvalue weighted by Gasteiger charge is -2.09. The first-order valence-corrected chi connectivity index (χ1v) is 5.18. The number of carbonyl (C=O) groups excluding carboxylic acids is 1. The molecule has 86 valence electrons. The maximum atomic E-state index is 11.2. The Kier molecular flexibility index (Phi) is 2.96. The lowest BCUT2D eigenvalue weighted by atomic mass is 10.1. The van der Waals surface area contributed by atoms with E-state index in [1.807, 2.05) is 18.2 Å². The number of nitrogens with one attached hydrogen (secondary N) is 1. The minimum Gasteiger partial charge on any atom is -0.399 e. The molecule has 2 rings (SSSR count). The van der Waals surface area contributed by atoms with E-state index in [1.54, 1.807) is 30.3 Å². The van der Waals surface area contributed by atoms with E-state index in [1.165, 1.54) is 0 Å². The average Bonchev–Trinajstić information content (AvgIpc) is 2.32. The lowest BCUT2D eigenvalue weighted by Crippen LogP contribution is -2.13. The van der Waals surface area contributed by atoms with Gasteiger partial charge in [-0.25, -0.2) is 0 Å². The number of hydrogen-bond donors (Lipinski definition) is 3. The summed E-state index contributed by atoms with van der Waals surface area (Å²) in [7, 11) is 0. The van der Waals surface area contributed by atoms with Crippen molar-refractivity contribution in [3.8, 4) is 0 Å². The minimum absolute atomic E-state index is 0.455. The Labute approximate surface area is 99.2 Å². The van der Waals surface area contributed by atoms with Gasteiger partial charge >= 0.3 is 0 Å². The number of rotatable bonds is 3. The molecule has 0 aliphatic rings. The second-order valence-corrected chi connectivity index (χ2v) is 3.66. The highest BCUT2D eigenvalue weighted by Crippen LogP contribution is 2.21. The van der Waals surface area contributed by atoms with E-state index in [0.717, 1.165) is 5.69 Å². The largest absolute Gasteiger partial charge is 0.399 e. The van der Waals surface area contributed by atoms with Gasteiger partial charge in [-0.1, -0.05) is 12.1 Å². The predicted molar refractivity (Wildman–Crippen MR) is 69.1 cm³/mol. The van der Waals surface area contributed by atoms with Crippen LogP contribution in [-0.4, -0.2) is 5.91 Å². The summed E-state index contributed by atoms with van der Waals surface area (Å²) in [5.41, 5.74) is 13.6. The zero-order chi connectivity index (χ0) is 12.3. The number of nitrogens with two attached hydrogens (primary N) is 2. The summed E-state index contributed by atoms with van der Waals surface area (Å²) in [5, 5.41) is 3.12. The summed E-state index contributed by atoms with van der Waals surface area (Å²) in [4.78, 5) is 11.2. The van der Waals surface area contributed by atoms with Crippen molar-refractivity contribution in [1.82, 2.24) is 0 Å². The van der Waals surface area contributed by atoms with Crippen LogP contribution in [0.4, 0.5) is 17.1 Å². The normalized spacial score (nSPS) is 9.88. The van der Waals surface area contributed by atoms with Gasteiger partial charge in [0.1, 0.15) is 0 Å². The molecule has 0 atom stereocenters. The smallest absolute Gasteiger partial charge is 0.250 e. The van der Waals surface area contributed by atoms with Crippen LogP contribution in [0.2, 0.25) is 0 Å². The number of para-hydroxylation sites is 1. The molecular formula is C13H13N3O. The van der Waals surface area contributed by atoms with Crippen LogP contribution in [0.5, 0.6) is 0 Å². The van der Waals surface area contributed by atoms with Gasteiger partial charge < -0.3 is 16.8 Å². The van der Waals surface area contributed by atoms with Gasteiger partial charge in [-0.3, -0.25) is 4.79 Å². The number of primary amides is 1. The molecule has 0 heterocycles. The number of nitrogen functional groups attached to an aromatic ring is 1. The van der Waals surface area contributed by atoms with E-state index >= 15 is 0 Å². The molecular weight excluding hydrogens is 214 g/mol. The van der Waals surface area contributed by atoms with Crippen molar-refractivity contribution >= 4 is 23.0 Å². The fraction of sp³-hybridized carbons (Fsp3) is 0. The number of hydrogen-bond acceptors (Lipinski definition) is 3. The van der Waals surface area contributed by atoms with Gasteiger partial charge in [-0.15, -0.1) is 0 Å². The molecule has 0 fully saturated rings. The van der Waals surface area contributed by atoms with Gasteiger partial charge in [0.2, 0.25) is 0 Å². The second kappa shape index (κ2) is 4.57. The quantitative estimate of drug-likeness (QED) is 0.702. The topological polar surface area (TPSA) is 81.1 Å². The second-order valence-electron chi connectivity index (χ2n) is 3.66. The molecule has 4 heteroatoms. The summed E-state index contributed by atoms with van der Waals surface area (Å²) in [6.07, 6.45) is 0. The van der Waals surface area contributed by atoms with E-state index in [9.17, 15) is 4.79 Å². The van der Waals surface area contributed by atoms with E-state index in [2.05, 4.69) is 5.32 Å². The number of anilines is 3. The third-order valence-corrected chi connectivity index (χ3v) is 2.38. The Morgan fingerprint density at radius 3 is 2.29 bits per heavy atom. The zero-order valence-electron chi connectivity index (χ0n) is 9.18. The number of benzene rings is 2. The van der Waals surface area contributed by atoms with E-state index in [0.29, 0.717) is 16.9 Å². The molecule has 17 heavy (non-hydrogen) atoms. The third-order valence-electron chi connectivity index (χ3n) is 2.38. The molecule has 2 aromatic rings. The maximum absolute atomic E-state index is 11.2. The first-order valence-electron chi connectivity index (χ1n) is 5.18. The van der Waals surface area contributed by atoms with Crippen LogP contribution in [0, 0.1) is 0 Å². The van der Waals surface area contributed by atoms with Crippen molar-refractivity contribution in [3.63, 3.8) is 0 Å². The van der Waals surface area contributed by atoms with E-state index < -0.39 is 5.91 Å². The Hall–Kier alpha value is -2.49. The highest BCUT2D eigenvalue weighted by molar-refractivity contribution is 5.99. The first kappa shape index (κ1) is 11.0. The van der Waals surface area contributed by atoms with Crippen LogP contribution in [0.1, 0.15) is 10.4 Å². The van der Waals surface area contributed by atoms with Crippen LogP contribution in [-0.2, 0) is 0 Å². The Morgan fingerprint density at radius 1 is 1.00 bits per heavy atom. The monoisotopic (exact) mass is 227 g/mol. The minimum atomic E-state index is -0.455. The van der Waals surface area contributed by atoms with Crippen molar-refractivity contribution in [1.29, 1.82) is 0 Å². The highest BCUT2D eigenvalue weighted by atomic mass is 16.1. The van der Waals surface area contributed by atoms with Crippen molar-refractivity contribution in [3.05, 3.63) is 54.1 Å². The van der Waals surface area contributed by atoms with Crippen molar-refractivity contribution in [2.75, 3.05) is 11.1 Å². The molecule has 0 aliphatic carbocycles. The van der Waals surface area contributed by atoms with Gasteiger partial charge in [0.15, 0.2) is 0 Å². The molecule has 0 bridgehead atoms. The Balaban J connectivity index is 2.30. The molecule has 0 aliphatic heterocycles. The fourth-order valence-corrected chi connectivity index (χ4v) is 1.53. The number of amides is 1. The molecule has 0 radical (unpaired) electrons. The highest BCUT2D eigenvalue weighted by Gasteiger charge is 2.06. The lowest BCUT2D eigenvalue weighted by molar-refractivity contribution is 0.100. The van der Waals surface area contributed by atoms with E-state index in [-0.39, 0.29) is 0 Å². The zero-order valence-corrected chi connectivity index (χ0v) is 9.18. The molecule has 2 aromatic carbocycles. The maximum Gasteiger partial charge on any atom is 0.250 e. The van der Waals surface area contributed by atoms with Crippen molar-refractivity contribution in [2.45, 2.75) is 0 Å². The van der Waals surface area contributed by atoms with Gasteiger partial charge in [0.25, 0.3) is 5.91 Å². The van der Waals surface area contributed by atoms with Crippen LogP contribution in [0.15, 0.2) is 48.5 Å². The molecule has 4 nitrogen and oxygen atoms in total. The first-order chi connectivity index (χ1) is 8.16. The Bertz CT molecular complexity index is 535. The molecule has 5 N–H and O–H groups in total. The Morgan fingerprint density at radius 2 is 1.65 bits per heavy atom. The molecule has 0 saturated heterocycles.